The lowest BCUT2D eigenvalue weighted by atomic mass is 10.1. The second-order valence-corrected chi connectivity index (χ2v) is 5.89. The molecule has 1 aromatic rings. The van der Waals surface area contributed by atoms with Crippen LogP contribution < -0.4 is 10.2 Å². The highest BCUT2D eigenvalue weighted by atomic mass is 35.5. The molecular weight excluding hydrogens is 292 g/mol. The van der Waals surface area contributed by atoms with Crippen LogP contribution in [0.4, 0.5) is 11.9 Å². The minimum atomic E-state index is 0.238. The van der Waals surface area contributed by atoms with Gasteiger partial charge in [-0.3, -0.25) is 0 Å². The molecule has 2 saturated heterocycles. The lowest BCUT2D eigenvalue weighted by molar-refractivity contribution is 0.122. The molecule has 0 aliphatic carbocycles. The standard InChI is InChI=1S/C13H21ClN6O/c1-19-4-2-10(3-5-19)15-12-16-11(14)17-13(18-12)20-6-8-21-9-7-20/h10H,2-9H2,1H3,(H,15,16,17,18). The summed E-state index contributed by atoms with van der Waals surface area (Å²) in [6.07, 6.45) is 2.18. The topological polar surface area (TPSA) is 66.4 Å². The van der Waals surface area contributed by atoms with Crippen molar-refractivity contribution in [2.75, 3.05) is 56.7 Å². The minimum absolute atomic E-state index is 0.238. The quantitative estimate of drug-likeness (QED) is 0.888. The summed E-state index contributed by atoms with van der Waals surface area (Å²) >= 11 is 6.04. The van der Waals surface area contributed by atoms with Crippen LogP contribution in [-0.2, 0) is 4.74 Å². The zero-order chi connectivity index (χ0) is 14.7. The molecular formula is C13H21ClN6O. The highest BCUT2D eigenvalue weighted by molar-refractivity contribution is 6.28. The Bertz CT molecular complexity index is 474. The molecule has 1 N–H and O–H groups in total. The fraction of sp³-hybridized carbons (Fsp3) is 0.769. The Labute approximate surface area is 129 Å². The van der Waals surface area contributed by atoms with Gasteiger partial charge >= 0.3 is 0 Å². The van der Waals surface area contributed by atoms with Gasteiger partial charge in [0.1, 0.15) is 0 Å². The number of nitrogens with zero attached hydrogens (tertiary/aromatic N) is 5. The normalized spacial score (nSPS) is 21.5. The number of anilines is 2. The lowest BCUT2D eigenvalue weighted by Crippen LogP contribution is -2.38. The Morgan fingerprint density at radius 3 is 2.52 bits per heavy atom. The first-order valence-electron chi connectivity index (χ1n) is 7.40. The van der Waals surface area contributed by atoms with E-state index in [0.717, 1.165) is 39.0 Å². The summed E-state index contributed by atoms with van der Waals surface area (Å²) in [6.45, 7) is 5.14. The highest BCUT2D eigenvalue weighted by Crippen LogP contribution is 2.18. The largest absolute Gasteiger partial charge is 0.378 e. The molecule has 1 aromatic heterocycles. The van der Waals surface area contributed by atoms with Gasteiger partial charge in [-0.1, -0.05) is 0 Å². The molecule has 0 aromatic carbocycles. The number of rotatable bonds is 3. The Balaban J connectivity index is 1.68. The molecule has 116 valence electrons. The molecule has 0 saturated carbocycles. The highest BCUT2D eigenvalue weighted by Gasteiger charge is 2.20. The Morgan fingerprint density at radius 1 is 1.10 bits per heavy atom. The molecule has 0 bridgehead atoms. The van der Waals surface area contributed by atoms with Gasteiger partial charge < -0.3 is 19.9 Å². The Morgan fingerprint density at radius 2 is 1.81 bits per heavy atom. The maximum atomic E-state index is 6.04. The van der Waals surface area contributed by atoms with E-state index in [4.69, 9.17) is 16.3 Å². The SMILES string of the molecule is CN1CCC(Nc2nc(Cl)nc(N3CCOCC3)n2)CC1. The third kappa shape index (κ3) is 3.93. The van der Waals surface area contributed by atoms with E-state index in [0.29, 0.717) is 31.2 Å². The number of piperidine rings is 1. The fourth-order valence-corrected chi connectivity index (χ4v) is 2.80. The van der Waals surface area contributed by atoms with E-state index in [9.17, 15) is 0 Å². The summed E-state index contributed by atoms with van der Waals surface area (Å²) in [4.78, 5) is 17.4. The van der Waals surface area contributed by atoms with E-state index in [2.05, 4.69) is 37.1 Å². The number of likely N-dealkylation sites (tertiary alicyclic amines) is 1. The molecule has 3 heterocycles. The number of halogens is 1. The van der Waals surface area contributed by atoms with Crippen LogP contribution in [0, 0.1) is 0 Å². The first-order chi connectivity index (χ1) is 10.2. The van der Waals surface area contributed by atoms with Crippen LogP contribution in [0.2, 0.25) is 5.28 Å². The molecule has 0 spiro atoms. The number of morpholine rings is 1. The molecule has 0 unspecified atom stereocenters. The summed E-state index contributed by atoms with van der Waals surface area (Å²) in [5.74, 6) is 1.21. The maximum Gasteiger partial charge on any atom is 0.231 e. The molecule has 3 rings (SSSR count). The van der Waals surface area contributed by atoms with Crippen molar-refractivity contribution in [3.05, 3.63) is 5.28 Å². The Hall–Kier alpha value is -1.18. The predicted octanol–water partition coefficient (Wildman–Crippen LogP) is 0.868. The average Bonchev–Trinajstić information content (AvgIpc) is 2.50. The maximum absolute atomic E-state index is 6.04. The molecule has 2 fully saturated rings. The first-order valence-corrected chi connectivity index (χ1v) is 7.78. The fourth-order valence-electron chi connectivity index (χ4n) is 2.64. The van der Waals surface area contributed by atoms with Gasteiger partial charge in [-0.15, -0.1) is 0 Å². The van der Waals surface area contributed by atoms with Crippen LogP contribution in [0.1, 0.15) is 12.8 Å². The van der Waals surface area contributed by atoms with Gasteiger partial charge in [0.25, 0.3) is 0 Å². The first kappa shape index (κ1) is 14.7. The van der Waals surface area contributed by atoms with Gasteiger partial charge in [-0.05, 0) is 44.6 Å². The van der Waals surface area contributed by atoms with Crippen molar-refractivity contribution < 1.29 is 4.74 Å². The third-order valence-electron chi connectivity index (χ3n) is 3.94. The van der Waals surface area contributed by atoms with E-state index in [1.165, 1.54) is 0 Å². The number of nitrogens with one attached hydrogen (secondary N) is 1. The molecule has 0 radical (unpaired) electrons. The van der Waals surface area contributed by atoms with Crippen LogP contribution in [0.25, 0.3) is 0 Å². The summed E-state index contributed by atoms with van der Waals surface area (Å²) in [7, 11) is 2.15. The van der Waals surface area contributed by atoms with Crippen LogP contribution in [-0.4, -0.2) is 72.3 Å². The van der Waals surface area contributed by atoms with Gasteiger partial charge in [-0.2, -0.15) is 15.0 Å². The lowest BCUT2D eigenvalue weighted by Gasteiger charge is -2.30. The van der Waals surface area contributed by atoms with Gasteiger partial charge in [0.2, 0.25) is 17.2 Å². The van der Waals surface area contributed by atoms with Crippen molar-refractivity contribution in [2.45, 2.75) is 18.9 Å². The zero-order valence-corrected chi connectivity index (χ0v) is 13.0. The van der Waals surface area contributed by atoms with E-state index < -0.39 is 0 Å². The molecule has 8 heteroatoms. The van der Waals surface area contributed by atoms with Crippen molar-refractivity contribution in [2.24, 2.45) is 0 Å². The van der Waals surface area contributed by atoms with Crippen molar-refractivity contribution >= 4 is 23.5 Å². The van der Waals surface area contributed by atoms with E-state index in [1.54, 1.807) is 0 Å². The predicted molar refractivity (Wildman–Crippen MR) is 82.0 cm³/mol. The van der Waals surface area contributed by atoms with E-state index >= 15 is 0 Å². The summed E-state index contributed by atoms with van der Waals surface area (Å²) in [6, 6.07) is 0.400. The number of ether oxygens (including phenoxy) is 1. The molecule has 2 aliphatic heterocycles. The number of hydrogen-bond acceptors (Lipinski definition) is 7. The summed E-state index contributed by atoms with van der Waals surface area (Å²) in [5.41, 5.74) is 0. The van der Waals surface area contributed by atoms with Crippen LogP contribution >= 0.6 is 11.6 Å². The molecule has 0 amide bonds. The molecule has 21 heavy (non-hydrogen) atoms. The minimum Gasteiger partial charge on any atom is -0.378 e. The van der Waals surface area contributed by atoms with Crippen LogP contribution in [0.15, 0.2) is 0 Å². The van der Waals surface area contributed by atoms with Crippen molar-refractivity contribution in [3.8, 4) is 0 Å². The van der Waals surface area contributed by atoms with Gasteiger partial charge in [-0.25, -0.2) is 0 Å². The number of aromatic nitrogens is 3. The monoisotopic (exact) mass is 312 g/mol. The second-order valence-electron chi connectivity index (χ2n) is 5.55. The summed E-state index contributed by atoms with van der Waals surface area (Å²) < 4.78 is 5.35. The number of hydrogen-bond donors (Lipinski definition) is 1. The van der Waals surface area contributed by atoms with Crippen molar-refractivity contribution in [1.82, 2.24) is 19.9 Å². The van der Waals surface area contributed by atoms with E-state index in [1.807, 2.05) is 0 Å². The zero-order valence-electron chi connectivity index (χ0n) is 12.3. The summed E-state index contributed by atoms with van der Waals surface area (Å²) in [5, 5.41) is 3.63. The smallest absolute Gasteiger partial charge is 0.231 e. The second kappa shape index (κ2) is 6.72. The van der Waals surface area contributed by atoms with E-state index in [-0.39, 0.29) is 5.28 Å². The van der Waals surface area contributed by atoms with Crippen molar-refractivity contribution in [3.63, 3.8) is 0 Å². The van der Waals surface area contributed by atoms with Crippen LogP contribution in [0.5, 0.6) is 0 Å². The third-order valence-corrected chi connectivity index (χ3v) is 4.11. The Kier molecular flexibility index (Phi) is 4.72. The molecule has 0 atom stereocenters. The molecule has 2 aliphatic rings. The molecule has 7 nitrogen and oxygen atoms in total. The van der Waals surface area contributed by atoms with Gasteiger partial charge in [0.15, 0.2) is 0 Å². The van der Waals surface area contributed by atoms with Gasteiger partial charge in [0.05, 0.1) is 13.2 Å². The average molecular weight is 313 g/mol. The van der Waals surface area contributed by atoms with Crippen LogP contribution in [0.3, 0.4) is 0 Å². The van der Waals surface area contributed by atoms with Gasteiger partial charge in [0, 0.05) is 19.1 Å². The van der Waals surface area contributed by atoms with Crippen molar-refractivity contribution in [1.29, 1.82) is 0 Å².